The molecule has 0 bridgehead atoms. The van der Waals surface area contributed by atoms with Crippen LogP contribution in [-0.4, -0.2) is 35.1 Å². The predicted octanol–water partition coefficient (Wildman–Crippen LogP) is 4.82. The van der Waals surface area contributed by atoms with Crippen LogP contribution in [0.5, 0.6) is 0 Å². The number of likely N-dealkylation sites (tertiary alicyclic amines) is 1. The van der Waals surface area contributed by atoms with E-state index < -0.39 is 5.97 Å². The molecule has 0 atom stereocenters. The van der Waals surface area contributed by atoms with Gasteiger partial charge in [0.2, 0.25) is 0 Å². The zero-order chi connectivity index (χ0) is 18.5. The van der Waals surface area contributed by atoms with E-state index in [0.717, 1.165) is 9.79 Å². The van der Waals surface area contributed by atoms with Crippen LogP contribution in [-0.2, 0) is 4.79 Å². The van der Waals surface area contributed by atoms with Gasteiger partial charge in [-0.05, 0) is 43.2 Å². The van der Waals surface area contributed by atoms with E-state index >= 15 is 0 Å². The third-order valence-electron chi connectivity index (χ3n) is 4.29. The molecule has 3 rings (SSSR count). The van der Waals surface area contributed by atoms with E-state index in [4.69, 9.17) is 16.7 Å². The number of carboxylic acid groups (broad SMARTS) is 1. The first-order valence-corrected chi connectivity index (χ1v) is 9.53. The molecule has 0 unspecified atom stereocenters. The van der Waals surface area contributed by atoms with Gasteiger partial charge >= 0.3 is 12.0 Å². The van der Waals surface area contributed by atoms with Gasteiger partial charge in [-0.2, -0.15) is 0 Å². The molecule has 136 valence electrons. The number of amides is 2. The van der Waals surface area contributed by atoms with Crippen LogP contribution in [0.15, 0.2) is 58.3 Å². The molecule has 1 heterocycles. The normalized spacial score (nSPS) is 14.9. The molecule has 0 aliphatic carbocycles. The lowest BCUT2D eigenvalue weighted by Gasteiger charge is -2.30. The van der Waals surface area contributed by atoms with Crippen molar-refractivity contribution in [1.29, 1.82) is 0 Å². The van der Waals surface area contributed by atoms with E-state index in [-0.39, 0.29) is 11.9 Å². The van der Waals surface area contributed by atoms with E-state index in [9.17, 15) is 9.59 Å². The largest absolute Gasteiger partial charge is 0.481 e. The highest BCUT2D eigenvalue weighted by atomic mass is 35.5. The maximum absolute atomic E-state index is 12.4. The van der Waals surface area contributed by atoms with Gasteiger partial charge in [-0.3, -0.25) is 4.79 Å². The Bertz CT molecular complexity index is 793. The van der Waals surface area contributed by atoms with E-state index in [1.165, 1.54) is 0 Å². The second-order valence-electron chi connectivity index (χ2n) is 6.09. The number of nitrogens with one attached hydrogen (secondary N) is 1. The maximum Gasteiger partial charge on any atom is 0.321 e. The highest BCUT2D eigenvalue weighted by molar-refractivity contribution is 7.99. The number of benzene rings is 2. The Morgan fingerprint density at radius 2 is 1.81 bits per heavy atom. The van der Waals surface area contributed by atoms with Gasteiger partial charge in [0.1, 0.15) is 0 Å². The second kappa shape index (κ2) is 8.47. The zero-order valence-electron chi connectivity index (χ0n) is 14.0. The number of rotatable bonds is 4. The number of anilines is 1. The topological polar surface area (TPSA) is 69.6 Å². The monoisotopic (exact) mass is 390 g/mol. The minimum atomic E-state index is -0.789. The van der Waals surface area contributed by atoms with E-state index in [1.54, 1.807) is 22.7 Å². The Balaban J connectivity index is 1.59. The molecule has 26 heavy (non-hydrogen) atoms. The molecule has 2 N–H and O–H groups in total. The summed E-state index contributed by atoms with van der Waals surface area (Å²) in [7, 11) is 0. The Kier molecular flexibility index (Phi) is 6.06. The van der Waals surface area contributed by atoms with Gasteiger partial charge in [0.05, 0.1) is 10.9 Å². The molecule has 0 aromatic heterocycles. The smallest absolute Gasteiger partial charge is 0.321 e. The Labute approximate surface area is 161 Å². The number of urea groups is 1. The summed E-state index contributed by atoms with van der Waals surface area (Å²) in [5, 5.41) is 12.4. The summed E-state index contributed by atoms with van der Waals surface area (Å²) in [6, 6.07) is 15.1. The van der Waals surface area contributed by atoms with Gasteiger partial charge in [-0.25, -0.2) is 4.79 Å². The van der Waals surface area contributed by atoms with Crippen molar-refractivity contribution in [3.63, 3.8) is 0 Å². The molecule has 0 spiro atoms. The highest BCUT2D eigenvalue weighted by Crippen LogP contribution is 2.34. The van der Waals surface area contributed by atoms with Crippen LogP contribution in [0.25, 0.3) is 0 Å². The first-order chi connectivity index (χ1) is 12.5. The number of halogens is 1. The zero-order valence-corrected chi connectivity index (χ0v) is 15.6. The molecule has 2 aromatic rings. The minimum absolute atomic E-state index is 0.228. The number of hydrogen-bond acceptors (Lipinski definition) is 3. The minimum Gasteiger partial charge on any atom is -0.481 e. The van der Waals surface area contributed by atoms with Crippen molar-refractivity contribution in [2.24, 2.45) is 5.92 Å². The van der Waals surface area contributed by atoms with Crippen molar-refractivity contribution >= 4 is 41.1 Å². The van der Waals surface area contributed by atoms with Crippen molar-refractivity contribution in [3.8, 4) is 0 Å². The van der Waals surface area contributed by atoms with Crippen LogP contribution in [0.1, 0.15) is 12.8 Å². The summed E-state index contributed by atoms with van der Waals surface area (Å²) in [6.45, 7) is 0.886. The number of piperidine rings is 1. The summed E-state index contributed by atoms with van der Waals surface area (Å²) in [6.07, 6.45) is 0.965. The second-order valence-corrected chi connectivity index (χ2v) is 7.61. The Morgan fingerprint density at radius 3 is 2.42 bits per heavy atom. The van der Waals surface area contributed by atoms with Gasteiger partial charge in [-0.15, -0.1) is 0 Å². The molecule has 2 aromatic carbocycles. The molecular formula is C19H19ClN2O3S. The fourth-order valence-electron chi connectivity index (χ4n) is 2.81. The van der Waals surface area contributed by atoms with Crippen molar-refractivity contribution < 1.29 is 14.7 Å². The summed E-state index contributed by atoms with van der Waals surface area (Å²) < 4.78 is 0. The average Bonchev–Trinajstić information content (AvgIpc) is 2.65. The lowest BCUT2D eigenvalue weighted by molar-refractivity contribution is -0.143. The summed E-state index contributed by atoms with van der Waals surface area (Å²) in [5.74, 6) is -1.15. The van der Waals surface area contributed by atoms with E-state index in [1.807, 2.05) is 42.5 Å². The molecule has 1 aliphatic heterocycles. The fourth-order valence-corrected chi connectivity index (χ4v) is 3.94. The highest BCUT2D eigenvalue weighted by Gasteiger charge is 2.27. The predicted molar refractivity (Wildman–Crippen MR) is 103 cm³/mol. The summed E-state index contributed by atoms with van der Waals surface area (Å²) in [5.41, 5.74) is 0.623. The summed E-state index contributed by atoms with van der Waals surface area (Å²) in [4.78, 5) is 27.0. The number of nitrogens with zero attached hydrogens (tertiary/aromatic N) is 1. The van der Waals surface area contributed by atoms with Crippen LogP contribution >= 0.6 is 23.4 Å². The molecule has 0 saturated carbocycles. The van der Waals surface area contributed by atoms with E-state index in [0.29, 0.717) is 36.6 Å². The average molecular weight is 391 g/mol. The van der Waals surface area contributed by atoms with Crippen molar-refractivity contribution in [2.75, 3.05) is 18.4 Å². The Hall–Kier alpha value is -2.18. The maximum atomic E-state index is 12.4. The molecule has 2 amide bonds. The fraction of sp³-hybridized carbons (Fsp3) is 0.263. The SMILES string of the molecule is O=C(O)C1CCN(C(=O)Nc2ccc(Sc3ccccc3)c(Cl)c2)CC1. The number of carboxylic acids is 1. The molecule has 0 radical (unpaired) electrons. The van der Waals surface area contributed by atoms with Crippen LogP contribution in [0.2, 0.25) is 5.02 Å². The molecule has 7 heteroatoms. The molecule has 5 nitrogen and oxygen atoms in total. The number of carbonyl (C=O) groups is 2. The van der Waals surface area contributed by atoms with Gasteiger partial charge < -0.3 is 15.3 Å². The first-order valence-electron chi connectivity index (χ1n) is 8.34. The van der Waals surface area contributed by atoms with Gasteiger partial charge in [0, 0.05) is 28.6 Å². The molecular weight excluding hydrogens is 372 g/mol. The van der Waals surface area contributed by atoms with Gasteiger partial charge in [0.15, 0.2) is 0 Å². The van der Waals surface area contributed by atoms with E-state index in [2.05, 4.69) is 5.32 Å². The standard InChI is InChI=1S/C19H19ClN2O3S/c20-16-12-14(6-7-17(16)26-15-4-2-1-3-5-15)21-19(25)22-10-8-13(9-11-22)18(23)24/h1-7,12-13H,8-11H2,(H,21,25)(H,23,24). The van der Waals surface area contributed by atoms with Crippen LogP contribution in [0.3, 0.4) is 0 Å². The lowest BCUT2D eigenvalue weighted by atomic mass is 9.97. The third-order valence-corrected chi connectivity index (χ3v) is 5.79. The molecule has 1 aliphatic rings. The Morgan fingerprint density at radius 1 is 1.12 bits per heavy atom. The lowest BCUT2D eigenvalue weighted by Crippen LogP contribution is -2.42. The number of aliphatic carboxylic acids is 1. The van der Waals surface area contributed by atoms with Crippen molar-refractivity contribution in [1.82, 2.24) is 4.90 Å². The van der Waals surface area contributed by atoms with Crippen LogP contribution < -0.4 is 5.32 Å². The van der Waals surface area contributed by atoms with Crippen molar-refractivity contribution in [3.05, 3.63) is 53.6 Å². The quantitative estimate of drug-likeness (QED) is 0.785. The van der Waals surface area contributed by atoms with Gasteiger partial charge in [0.25, 0.3) is 0 Å². The molecule has 1 saturated heterocycles. The summed E-state index contributed by atoms with van der Waals surface area (Å²) >= 11 is 7.91. The molecule has 1 fully saturated rings. The number of hydrogen-bond donors (Lipinski definition) is 2. The third kappa shape index (κ3) is 4.71. The first kappa shape index (κ1) is 18.6. The van der Waals surface area contributed by atoms with Gasteiger partial charge in [-0.1, -0.05) is 41.6 Å². The van der Waals surface area contributed by atoms with Crippen LogP contribution in [0.4, 0.5) is 10.5 Å². The van der Waals surface area contributed by atoms with Crippen molar-refractivity contribution in [2.45, 2.75) is 22.6 Å². The van der Waals surface area contributed by atoms with Crippen LogP contribution in [0, 0.1) is 5.92 Å². The number of carbonyl (C=O) groups excluding carboxylic acids is 1.